The molecule has 1 N–H and O–H groups in total. The van der Waals surface area contributed by atoms with Crippen molar-refractivity contribution in [2.24, 2.45) is 0 Å². The lowest BCUT2D eigenvalue weighted by molar-refractivity contribution is -0.137. The van der Waals surface area contributed by atoms with Crippen LogP contribution in [0.2, 0.25) is 0 Å². The van der Waals surface area contributed by atoms with Crippen molar-refractivity contribution in [3.63, 3.8) is 0 Å². The lowest BCUT2D eigenvalue weighted by atomic mass is 10.2. The van der Waals surface area contributed by atoms with Crippen molar-refractivity contribution >= 4 is 31.9 Å². The molecular weight excluding hydrogens is 382 g/mol. The van der Waals surface area contributed by atoms with Gasteiger partial charge in [0.2, 0.25) is 10.0 Å². The quantitative estimate of drug-likeness (QED) is 0.812. The van der Waals surface area contributed by atoms with E-state index in [1.165, 1.54) is 12.1 Å². The summed E-state index contributed by atoms with van der Waals surface area (Å²) < 4.78 is 27.2. The van der Waals surface area contributed by atoms with E-state index in [1.807, 2.05) is 13.0 Å². The number of halogens is 1. The molecule has 0 bridgehead atoms. The van der Waals surface area contributed by atoms with Crippen LogP contribution in [0.25, 0.3) is 0 Å². The van der Waals surface area contributed by atoms with E-state index in [4.69, 9.17) is 5.11 Å². The fraction of sp³-hybridized carbons (Fsp3) is 0.188. The third-order valence-corrected chi connectivity index (χ3v) is 5.85. The lowest BCUT2D eigenvalue weighted by Gasteiger charge is -2.21. The highest BCUT2D eigenvalue weighted by Crippen LogP contribution is 2.22. The molecule has 2 aromatic carbocycles. The highest BCUT2D eigenvalue weighted by Gasteiger charge is 2.27. The third kappa shape index (κ3) is 4.40. The summed E-state index contributed by atoms with van der Waals surface area (Å²) in [6, 6.07) is 13.5. The third-order valence-electron chi connectivity index (χ3n) is 3.27. The van der Waals surface area contributed by atoms with Gasteiger partial charge in [0.05, 0.1) is 4.90 Å². The number of aryl methyl sites for hydroxylation is 1. The molecule has 0 unspecified atom stereocenters. The molecule has 122 valence electrons. The Labute approximate surface area is 143 Å². The summed E-state index contributed by atoms with van der Waals surface area (Å²) in [5, 5.41) is 9.07. The number of rotatable bonds is 6. The van der Waals surface area contributed by atoms with E-state index < -0.39 is 22.5 Å². The minimum absolute atomic E-state index is 0.0239. The van der Waals surface area contributed by atoms with Crippen molar-refractivity contribution in [2.45, 2.75) is 18.4 Å². The molecule has 0 heterocycles. The van der Waals surface area contributed by atoms with Gasteiger partial charge in [-0.05, 0) is 30.7 Å². The second-order valence-corrected chi connectivity index (χ2v) is 7.86. The van der Waals surface area contributed by atoms with E-state index in [0.717, 1.165) is 14.3 Å². The summed E-state index contributed by atoms with van der Waals surface area (Å²) in [6.07, 6.45) is 0. The van der Waals surface area contributed by atoms with Crippen LogP contribution in [0, 0.1) is 6.92 Å². The van der Waals surface area contributed by atoms with Crippen molar-refractivity contribution in [1.82, 2.24) is 4.31 Å². The highest BCUT2D eigenvalue weighted by atomic mass is 79.9. The summed E-state index contributed by atoms with van der Waals surface area (Å²) in [5.41, 5.74) is 1.63. The zero-order chi connectivity index (χ0) is 17.0. The molecule has 2 rings (SSSR count). The molecule has 0 saturated heterocycles. The van der Waals surface area contributed by atoms with Gasteiger partial charge in [-0.2, -0.15) is 4.31 Å². The van der Waals surface area contributed by atoms with Crippen molar-refractivity contribution in [3.8, 4) is 0 Å². The summed E-state index contributed by atoms with van der Waals surface area (Å²) >= 11 is 3.35. The number of carboxylic acids is 1. The molecule has 0 radical (unpaired) electrons. The van der Waals surface area contributed by atoms with Gasteiger partial charge in [-0.3, -0.25) is 4.79 Å². The van der Waals surface area contributed by atoms with Gasteiger partial charge in [0.1, 0.15) is 6.54 Å². The van der Waals surface area contributed by atoms with Crippen molar-refractivity contribution in [3.05, 3.63) is 64.1 Å². The Morgan fingerprint density at radius 2 is 1.74 bits per heavy atom. The fourth-order valence-electron chi connectivity index (χ4n) is 2.05. The maximum absolute atomic E-state index is 12.7. The number of carbonyl (C=O) groups is 1. The minimum Gasteiger partial charge on any atom is -0.480 e. The number of sulfonamides is 1. The molecule has 7 heteroatoms. The Morgan fingerprint density at radius 3 is 2.30 bits per heavy atom. The SMILES string of the molecule is Cc1ccc(S(=O)(=O)N(CC(=O)O)Cc2ccccc2Br)cc1. The number of carboxylic acid groups (broad SMARTS) is 1. The standard InChI is InChI=1S/C16H16BrNO4S/c1-12-6-8-14(9-7-12)23(21,22)18(11-16(19)20)10-13-4-2-3-5-15(13)17/h2-9H,10-11H2,1H3,(H,19,20). The number of hydrogen-bond donors (Lipinski definition) is 1. The van der Waals surface area contributed by atoms with Crippen molar-refractivity contribution in [1.29, 1.82) is 0 Å². The monoisotopic (exact) mass is 397 g/mol. The van der Waals surface area contributed by atoms with Crippen molar-refractivity contribution in [2.75, 3.05) is 6.54 Å². The van der Waals surface area contributed by atoms with Crippen LogP contribution >= 0.6 is 15.9 Å². The van der Waals surface area contributed by atoms with Crippen LogP contribution in [-0.2, 0) is 21.4 Å². The number of aliphatic carboxylic acids is 1. The zero-order valence-corrected chi connectivity index (χ0v) is 14.8. The predicted octanol–water partition coefficient (Wildman–Crippen LogP) is 3.03. The molecule has 0 aromatic heterocycles. The van der Waals surface area contributed by atoms with Gasteiger partial charge in [0.25, 0.3) is 0 Å². The van der Waals surface area contributed by atoms with E-state index in [1.54, 1.807) is 30.3 Å². The predicted molar refractivity (Wildman–Crippen MR) is 90.6 cm³/mol. The first-order valence-corrected chi connectivity index (χ1v) is 9.06. The van der Waals surface area contributed by atoms with Crippen LogP contribution in [0.15, 0.2) is 57.9 Å². The molecule has 0 aliphatic heterocycles. The van der Waals surface area contributed by atoms with Gasteiger partial charge >= 0.3 is 5.97 Å². The van der Waals surface area contributed by atoms with E-state index >= 15 is 0 Å². The molecule has 0 spiro atoms. The highest BCUT2D eigenvalue weighted by molar-refractivity contribution is 9.10. The Balaban J connectivity index is 2.39. The molecule has 0 amide bonds. The van der Waals surface area contributed by atoms with Gasteiger partial charge < -0.3 is 5.11 Å². The van der Waals surface area contributed by atoms with Crippen LogP contribution in [0.5, 0.6) is 0 Å². The van der Waals surface area contributed by atoms with Crippen LogP contribution in [0.1, 0.15) is 11.1 Å². The zero-order valence-electron chi connectivity index (χ0n) is 12.4. The van der Waals surface area contributed by atoms with Gasteiger partial charge in [0, 0.05) is 11.0 Å². The van der Waals surface area contributed by atoms with Crippen LogP contribution in [0.3, 0.4) is 0 Å². The minimum atomic E-state index is -3.90. The van der Waals surface area contributed by atoms with E-state index in [0.29, 0.717) is 5.56 Å². The van der Waals surface area contributed by atoms with E-state index in [2.05, 4.69) is 15.9 Å². The maximum Gasteiger partial charge on any atom is 0.318 e. The summed E-state index contributed by atoms with van der Waals surface area (Å²) in [6.45, 7) is 1.23. The van der Waals surface area contributed by atoms with Crippen molar-refractivity contribution < 1.29 is 18.3 Å². The first-order chi connectivity index (χ1) is 10.8. The van der Waals surface area contributed by atoms with Crippen LogP contribution in [-0.4, -0.2) is 30.3 Å². The molecular formula is C16H16BrNO4S. The van der Waals surface area contributed by atoms with Gasteiger partial charge in [-0.25, -0.2) is 8.42 Å². The van der Waals surface area contributed by atoms with Gasteiger partial charge in [0.15, 0.2) is 0 Å². The normalized spacial score (nSPS) is 11.6. The number of hydrogen-bond acceptors (Lipinski definition) is 3. The Morgan fingerprint density at radius 1 is 1.13 bits per heavy atom. The molecule has 0 atom stereocenters. The average Bonchev–Trinajstić information content (AvgIpc) is 2.48. The Bertz CT molecular complexity index is 803. The second-order valence-electron chi connectivity index (χ2n) is 5.07. The molecule has 23 heavy (non-hydrogen) atoms. The lowest BCUT2D eigenvalue weighted by Crippen LogP contribution is -2.35. The number of nitrogens with zero attached hydrogens (tertiary/aromatic N) is 1. The fourth-order valence-corrected chi connectivity index (χ4v) is 3.83. The van der Waals surface area contributed by atoms with E-state index in [9.17, 15) is 13.2 Å². The van der Waals surface area contributed by atoms with Gasteiger partial charge in [-0.15, -0.1) is 0 Å². The number of benzene rings is 2. The molecule has 0 aliphatic carbocycles. The summed E-state index contributed by atoms with van der Waals surface area (Å²) in [7, 11) is -3.90. The Kier molecular flexibility index (Phi) is 5.56. The largest absolute Gasteiger partial charge is 0.480 e. The van der Waals surface area contributed by atoms with E-state index in [-0.39, 0.29) is 11.4 Å². The maximum atomic E-state index is 12.7. The summed E-state index contributed by atoms with van der Waals surface area (Å²) in [4.78, 5) is 11.2. The molecule has 2 aromatic rings. The average molecular weight is 398 g/mol. The topological polar surface area (TPSA) is 74.7 Å². The molecule has 5 nitrogen and oxygen atoms in total. The molecule has 0 aliphatic rings. The first-order valence-electron chi connectivity index (χ1n) is 6.83. The van der Waals surface area contributed by atoms with Crippen LogP contribution in [0.4, 0.5) is 0 Å². The Hall–Kier alpha value is -1.70. The molecule has 0 saturated carbocycles. The van der Waals surface area contributed by atoms with Gasteiger partial charge in [-0.1, -0.05) is 51.8 Å². The van der Waals surface area contributed by atoms with Crippen LogP contribution < -0.4 is 0 Å². The second kappa shape index (κ2) is 7.25. The summed E-state index contributed by atoms with van der Waals surface area (Å²) in [5.74, 6) is -1.20. The first kappa shape index (κ1) is 17.7. The molecule has 0 fully saturated rings. The smallest absolute Gasteiger partial charge is 0.318 e.